The fraction of sp³-hybridized carbons (Fsp3) is 1.00. The van der Waals surface area contributed by atoms with Gasteiger partial charge in [0.1, 0.15) is 0 Å². The topological polar surface area (TPSA) is 0 Å². The van der Waals surface area contributed by atoms with Crippen molar-refractivity contribution in [1.29, 1.82) is 0 Å². The minimum absolute atomic E-state index is 0.225. The number of unbranched alkanes of at least 4 members (excludes halogenated alkanes) is 2. The van der Waals surface area contributed by atoms with Gasteiger partial charge in [-0.3, -0.25) is 0 Å². The Kier molecular flexibility index (Phi) is 9.68. The van der Waals surface area contributed by atoms with Crippen LogP contribution < -0.4 is 0 Å². The average molecular weight is 233 g/mol. The lowest BCUT2D eigenvalue weighted by Crippen LogP contribution is -2.15. The second-order valence-electron chi connectivity index (χ2n) is 4.94. The van der Waals surface area contributed by atoms with Gasteiger partial charge in [-0.15, -0.1) is 0 Å². The Bertz CT molecular complexity index is 104. The molecule has 0 fully saturated rings. The molecule has 0 saturated carbocycles. The molecule has 0 aliphatic rings. The summed E-state index contributed by atoms with van der Waals surface area (Å²) in [7, 11) is -0.0964. The molecule has 0 spiro atoms. The lowest BCUT2D eigenvalue weighted by atomic mass is 10.3. The van der Waals surface area contributed by atoms with Gasteiger partial charge in [0.05, 0.1) is 0 Å². The van der Waals surface area contributed by atoms with Crippen LogP contribution in [-0.4, -0.2) is 27.1 Å². The largest absolute Gasteiger partial charge is 0.0748 e. The van der Waals surface area contributed by atoms with Gasteiger partial charge in [0.25, 0.3) is 0 Å². The molecule has 3 heteroatoms. The van der Waals surface area contributed by atoms with Crippen molar-refractivity contribution in [2.45, 2.75) is 63.2 Å². The quantitative estimate of drug-likeness (QED) is 0.446. The van der Waals surface area contributed by atoms with E-state index in [-0.39, 0.29) is 17.6 Å². The maximum atomic E-state index is 2.58. The highest BCUT2D eigenvalue weighted by atomic mass is 28.3. The summed E-state index contributed by atoms with van der Waals surface area (Å²) in [6.45, 7) is 10.0. The van der Waals surface area contributed by atoms with Gasteiger partial charge in [-0.05, 0) is 0 Å². The molecule has 13 heavy (non-hydrogen) atoms. The van der Waals surface area contributed by atoms with Crippen LogP contribution in [0.1, 0.15) is 19.3 Å². The van der Waals surface area contributed by atoms with Crippen LogP contribution in [0.15, 0.2) is 0 Å². The van der Waals surface area contributed by atoms with E-state index in [9.17, 15) is 0 Å². The van der Waals surface area contributed by atoms with Crippen LogP contribution in [0.4, 0.5) is 0 Å². The lowest BCUT2D eigenvalue weighted by molar-refractivity contribution is 0.763. The van der Waals surface area contributed by atoms with E-state index in [0.717, 1.165) is 0 Å². The molecule has 0 nitrogen and oxygen atoms in total. The SMILES string of the molecule is C[SiH2]CCCCC[SiH](C)C[SiH](C)C. The van der Waals surface area contributed by atoms with Gasteiger partial charge in [-0.25, -0.2) is 0 Å². The van der Waals surface area contributed by atoms with Crippen molar-refractivity contribution in [3.05, 3.63) is 0 Å². The summed E-state index contributed by atoms with van der Waals surface area (Å²) in [6, 6.07) is 3.23. The van der Waals surface area contributed by atoms with Gasteiger partial charge in [-0.2, -0.15) is 0 Å². The standard InChI is InChI=1S/C10H28Si3/c1-11-8-6-5-7-9-13(4)10-12(2)3/h12-13H,5-11H2,1-4H3. The van der Waals surface area contributed by atoms with E-state index in [1.54, 1.807) is 30.6 Å². The van der Waals surface area contributed by atoms with Crippen molar-refractivity contribution >= 4 is 27.1 Å². The Morgan fingerprint density at radius 1 is 1.00 bits per heavy atom. The molecule has 0 aromatic rings. The molecule has 0 rings (SSSR count). The van der Waals surface area contributed by atoms with E-state index in [2.05, 4.69) is 26.2 Å². The molecular weight excluding hydrogens is 204 g/mol. The third-order valence-electron chi connectivity index (χ3n) is 2.67. The van der Waals surface area contributed by atoms with Crippen molar-refractivity contribution in [2.75, 3.05) is 0 Å². The molecule has 80 valence electrons. The van der Waals surface area contributed by atoms with Crippen molar-refractivity contribution in [3.63, 3.8) is 0 Å². The smallest absolute Gasteiger partial charge is 0.0307 e. The molecule has 0 aliphatic heterocycles. The Hall–Kier alpha value is 0.651. The first kappa shape index (κ1) is 13.7. The van der Waals surface area contributed by atoms with Crippen LogP contribution in [0.5, 0.6) is 0 Å². The molecule has 0 saturated heterocycles. The van der Waals surface area contributed by atoms with Crippen LogP contribution >= 0.6 is 0 Å². The Morgan fingerprint density at radius 3 is 2.23 bits per heavy atom. The predicted molar refractivity (Wildman–Crippen MR) is 74.6 cm³/mol. The zero-order valence-electron chi connectivity index (χ0n) is 10.1. The highest BCUT2D eigenvalue weighted by molar-refractivity contribution is 6.75. The Balaban J connectivity index is 3.12. The van der Waals surface area contributed by atoms with Crippen LogP contribution in [-0.2, 0) is 0 Å². The summed E-state index contributed by atoms with van der Waals surface area (Å²) in [4.78, 5) is 0. The van der Waals surface area contributed by atoms with Crippen LogP contribution in [0.25, 0.3) is 0 Å². The highest BCUT2D eigenvalue weighted by Crippen LogP contribution is 2.10. The summed E-state index contributed by atoms with van der Waals surface area (Å²) in [6.07, 6.45) is 4.64. The van der Waals surface area contributed by atoms with Crippen molar-refractivity contribution in [3.8, 4) is 0 Å². The fourth-order valence-electron chi connectivity index (χ4n) is 2.02. The van der Waals surface area contributed by atoms with Crippen molar-refractivity contribution < 1.29 is 0 Å². The van der Waals surface area contributed by atoms with E-state index in [1.807, 2.05) is 0 Å². The van der Waals surface area contributed by atoms with Gasteiger partial charge in [0.2, 0.25) is 0 Å². The van der Waals surface area contributed by atoms with E-state index < -0.39 is 0 Å². The van der Waals surface area contributed by atoms with Gasteiger partial charge < -0.3 is 0 Å². The fourth-order valence-corrected chi connectivity index (χ4v) is 11.2. The van der Waals surface area contributed by atoms with Crippen molar-refractivity contribution in [2.24, 2.45) is 0 Å². The molecule has 1 atom stereocenters. The summed E-state index contributed by atoms with van der Waals surface area (Å²) in [5.41, 5.74) is 1.70. The monoisotopic (exact) mass is 232 g/mol. The first-order valence-corrected chi connectivity index (χ1v) is 14.5. The Morgan fingerprint density at radius 2 is 1.69 bits per heavy atom. The second kappa shape index (κ2) is 9.22. The van der Waals surface area contributed by atoms with E-state index in [0.29, 0.717) is 9.52 Å². The van der Waals surface area contributed by atoms with E-state index in [1.165, 1.54) is 6.42 Å². The van der Waals surface area contributed by atoms with Crippen LogP contribution in [0.3, 0.4) is 0 Å². The second-order valence-corrected chi connectivity index (χ2v) is 14.1. The van der Waals surface area contributed by atoms with E-state index >= 15 is 0 Å². The van der Waals surface area contributed by atoms with Crippen LogP contribution in [0.2, 0.25) is 43.9 Å². The summed E-state index contributed by atoms with van der Waals surface area (Å²) in [5, 5.41) is 0. The maximum absolute atomic E-state index is 2.58. The molecule has 0 bridgehead atoms. The zero-order valence-corrected chi connectivity index (χ0v) is 13.8. The van der Waals surface area contributed by atoms with Gasteiger partial charge in [0, 0.05) is 27.1 Å². The molecular formula is C10H28Si3. The minimum atomic E-state index is -0.239. The summed E-state index contributed by atoms with van der Waals surface area (Å²) in [5.74, 6) is 0. The number of rotatable bonds is 8. The maximum Gasteiger partial charge on any atom is 0.0307 e. The van der Waals surface area contributed by atoms with Gasteiger partial charge in [-0.1, -0.05) is 63.2 Å². The molecule has 0 radical (unpaired) electrons. The Labute approximate surface area is 90.6 Å². The average Bonchev–Trinajstić information content (AvgIpc) is 2.02. The molecule has 0 amide bonds. The third-order valence-corrected chi connectivity index (χ3v) is 12.3. The molecule has 0 aromatic carbocycles. The molecule has 1 unspecified atom stereocenters. The highest BCUT2D eigenvalue weighted by Gasteiger charge is 2.06. The lowest BCUT2D eigenvalue weighted by Gasteiger charge is -2.10. The number of hydrogen-bond donors (Lipinski definition) is 0. The van der Waals surface area contributed by atoms with Gasteiger partial charge in [0.15, 0.2) is 0 Å². The molecule has 0 aliphatic carbocycles. The number of hydrogen-bond acceptors (Lipinski definition) is 0. The summed E-state index contributed by atoms with van der Waals surface area (Å²) >= 11 is 0. The van der Waals surface area contributed by atoms with Crippen LogP contribution in [0, 0.1) is 0 Å². The van der Waals surface area contributed by atoms with Gasteiger partial charge >= 0.3 is 0 Å². The zero-order chi connectivity index (χ0) is 10.1. The van der Waals surface area contributed by atoms with Crippen molar-refractivity contribution in [1.82, 2.24) is 0 Å². The van der Waals surface area contributed by atoms with E-state index in [4.69, 9.17) is 0 Å². The first-order valence-electron chi connectivity index (χ1n) is 6.16. The normalized spacial score (nSPS) is 14.5. The minimum Gasteiger partial charge on any atom is -0.0748 e. The first-order chi connectivity index (χ1) is 6.16. The molecule has 0 N–H and O–H groups in total. The predicted octanol–water partition coefficient (Wildman–Crippen LogP) is 2.67. The third kappa shape index (κ3) is 10.6. The molecule has 0 heterocycles. The molecule has 0 aromatic heterocycles. The summed E-state index contributed by atoms with van der Waals surface area (Å²) < 4.78 is 0.